The van der Waals surface area contributed by atoms with Crippen LogP contribution >= 0.6 is 0 Å². The third-order valence-electron chi connectivity index (χ3n) is 4.89. The van der Waals surface area contributed by atoms with Crippen molar-refractivity contribution < 1.29 is 17.9 Å². The molecular weight excluding hydrogens is 364 g/mol. The predicted octanol–water partition coefficient (Wildman–Crippen LogP) is 3.23. The highest BCUT2D eigenvalue weighted by molar-refractivity contribution is 7.89. The molecule has 0 aromatic heterocycles. The molecule has 2 N–H and O–H groups in total. The number of sulfonamides is 1. The van der Waals surface area contributed by atoms with Gasteiger partial charge in [-0.1, -0.05) is 39.5 Å². The molecule has 2 rings (SSSR count). The minimum absolute atomic E-state index is 0.124. The summed E-state index contributed by atoms with van der Waals surface area (Å²) < 4.78 is 33.2. The van der Waals surface area contributed by atoms with Crippen LogP contribution in [0.4, 0.5) is 0 Å². The van der Waals surface area contributed by atoms with Crippen LogP contribution in [0.15, 0.2) is 29.2 Å². The van der Waals surface area contributed by atoms with Crippen molar-refractivity contribution in [1.82, 2.24) is 10.0 Å². The van der Waals surface area contributed by atoms with E-state index < -0.39 is 16.1 Å². The maximum Gasteiger partial charge on any atom is 0.241 e. The summed E-state index contributed by atoms with van der Waals surface area (Å²) in [6.07, 6.45) is 7.00. The van der Waals surface area contributed by atoms with E-state index in [-0.39, 0.29) is 22.8 Å². The monoisotopic (exact) mass is 396 g/mol. The molecule has 152 valence electrons. The van der Waals surface area contributed by atoms with E-state index in [2.05, 4.69) is 10.0 Å². The summed E-state index contributed by atoms with van der Waals surface area (Å²) in [6, 6.07) is 5.52. The largest absolute Gasteiger partial charge is 0.497 e. The molecule has 27 heavy (non-hydrogen) atoms. The third-order valence-corrected chi connectivity index (χ3v) is 6.38. The Hall–Kier alpha value is -1.60. The van der Waals surface area contributed by atoms with Gasteiger partial charge in [-0.15, -0.1) is 0 Å². The Balaban J connectivity index is 2.10. The van der Waals surface area contributed by atoms with Crippen LogP contribution in [0.25, 0.3) is 0 Å². The number of ether oxygens (including phenoxy) is 1. The fourth-order valence-electron chi connectivity index (χ4n) is 3.42. The lowest BCUT2D eigenvalue weighted by Gasteiger charge is -2.24. The molecule has 0 aliphatic heterocycles. The molecule has 1 aliphatic carbocycles. The van der Waals surface area contributed by atoms with Gasteiger partial charge in [0.25, 0.3) is 0 Å². The fraction of sp³-hybridized carbons (Fsp3) is 0.650. The molecule has 0 spiro atoms. The molecule has 0 radical (unpaired) electrons. The first kappa shape index (κ1) is 21.7. The Kier molecular flexibility index (Phi) is 8.10. The number of carbonyl (C=O) groups excluding carboxylic acids is 1. The molecule has 1 aromatic carbocycles. The molecule has 7 heteroatoms. The number of nitrogens with one attached hydrogen (secondary N) is 2. The van der Waals surface area contributed by atoms with Gasteiger partial charge in [0.05, 0.1) is 12.0 Å². The summed E-state index contributed by atoms with van der Waals surface area (Å²) in [5, 5.41) is 3.07. The predicted molar refractivity (Wildman–Crippen MR) is 106 cm³/mol. The number of carbonyl (C=O) groups is 1. The smallest absolute Gasteiger partial charge is 0.241 e. The summed E-state index contributed by atoms with van der Waals surface area (Å²) in [4.78, 5) is 12.9. The third kappa shape index (κ3) is 6.81. The number of rotatable bonds is 8. The van der Waals surface area contributed by atoms with Gasteiger partial charge in [0, 0.05) is 6.04 Å². The highest BCUT2D eigenvalue weighted by Gasteiger charge is 2.28. The first-order valence-corrected chi connectivity index (χ1v) is 11.3. The Bertz CT molecular complexity index is 693. The zero-order valence-electron chi connectivity index (χ0n) is 16.5. The maximum absolute atomic E-state index is 12.8. The van der Waals surface area contributed by atoms with Gasteiger partial charge in [-0.05, 0) is 49.4 Å². The van der Waals surface area contributed by atoms with E-state index in [1.165, 1.54) is 32.1 Å². The zero-order valence-corrected chi connectivity index (χ0v) is 17.3. The average molecular weight is 397 g/mol. The van der Waals surface area contributed by atoms with Gasteiger partial charge in [-0.2, -0.15) is 4.72 Å². The zero-order chi connectivity index (χ0) is 19.9. The van der Waals surface area contributed by atoms with Crippen molar-refractivity contribution in [2.24, 2.45) is 5.92 Å². The van der Waals surface area contributed by atoms with Crippen molar-refractivity contribution in [2.45, 2.75) is 75.8 Å². The minimum Gasteiger partial charge on any atom is -0.497 e. The second-order valence-corrected chi connectivity index (χ2v) is 9.39. The molecule has 6 nitrogen and oxygen atoms in total. The second-order valence-electron chi connectivity index (χ2n) is 7.68. The molecule has 1 aromatic rings. The van der Waals surface area contributed by atoms with E-state index in [1.54, 1.807) is 12.1 Å². The van der Waals surface area contributed by atoms with E-state index >= 15 is 0 Å². The van der Waals surface area contributed by atoms with Crippen LogP contribution in [0.3, 0.4) is 0 Å². The van der Waals surface area contributed by atoms with Crippen molar-refractivity contribution in [3.05, 3.63) is 24.3 Å². The Morgan fingerprint density at radius 2 is 1.70 bits per heavy atom. The van der Waals surface area contributed by atoms with Crippen LogP contribution in [0, 0.1) is 5.92 Å². The molecule has 1 fully saturated rings. The Morgan fingerprint density at radius 1 is 1.11 bits per heavy atom. The van der Waals surface area contributed by atoms with E-state index in [0.29, 0.717) is 12.2 Å². The number of amides is 1. The highest BCUT2D eigenvalue weighted by atomic mass is 32.2. The van der Waals surface area contributed by atoms with Crippen molar-refractivity contribution in [1.29, 1.82) is 0 Å². The Morgan fingerprint density at radius 3 is 2.22 bits per heavy atom. The van der Waals surface area contributed by atoms with Gasteiger partial charge in [-0.3, -0.25) is 4.79 Å². The highest BCUT2D eigenvalue weighted by Crippen LogP contribution is 2.19. The summed E-state index contributed by atoms with van der Waals surface area (Å²) in [6.45, 7) is 3.96. The Labute approximate surface area is 163 Å². The summed E-state index contributed by atoms with van der Waals surface area (Å²) in [5.74, 6) is 0.542. The van der Waals surface area contributed by atoms with Crippen LogP contribution in [0.2, 0.25) is 0 Å². The van der Waals surface area contributed by atoms with Crippen LogP contribution in [0.5, 0.6) is 5.75 Å². The van der Waals surface area contributed by atoms with Gasteiger partial charge in [0.2, 0.25) is 15.9 Å². The standard InChI is InChI=1S/C20H32N2O4S/c1-15(2)14-19(20(23)21-16-8-6-4-5-7-9-16)22-27(24,25)18-12-10-17(26-3)11-13-18/h10-13,15-16,19,22H,4-9,14H2,1-3H3,(H,21,23)/t19-/m1/s1. The number of benzene rings is 1. The topological polar surface area (TPSA) is 84.5 Å². The normalized spacial score (nSPS) is 17.3. The van der Waals surface area contributed by atoms with Gasteiger partial charge in [0.1, 0.15) is 11.8 Å². The number of hydrogen-bond donors (Lipinski definition) is 2. The molecule has 1 amide bonds. The molecule has 1 saturated carbocycles. The molecule has 1 atom stereocenters. The van der Waals surface area contributed by atoms with Crippen molar-refractivity contribution in [2.75, 3.05) is 7.11 Å². The number of hydrogen-bond acceptors (Lipinski definition) is 4. The van der Waals surface area contributed by atoms with Crippen LogP contribution in [-0.4, -0.2) is 33.5 Å². The quantitative estimate of drug-likeness (QED) is 0.661. The SMILES string of the molecule is COc1ccc(S(=O)(=O)N[C@H](CC(C)C)C(=O)NC2CCCCCC2)cc1. The molecular formula is C20H32N2O4S. The van der Waals surface area contributed by atoms with E-state index in [0.717, 1.165) is 25.7 Å². The van der Waals surface area contributed by atoms with Crippen LogP contribution < -0.4 is 14.8 Å². The van der Waals surface area contributed by atoms with E-state index in [4.69, 9.17) is 4.74 Å². The lowest BCUT2D eigenvalue weighted by molar-refractivity contribution is -0.123. The van der Waals surface area contributed by atoms with Crippen molar-refractivity contribution in [3.63, 3.8) is 0 Å². The van der Waals surface area contributed by atoms with E-state index in [1.807, 2.05) is 13.8 Å². The summed E-state index contributed by atoms with van der Waals surface area (Å²) in [7, 11) is -2.26. The van der Waals surface area contributed by atoms with Gasteiger partial charge in [0.15, 0.2) is 0 Å². The average Bonchev–Trinajstić information content (AvgIpc) is 2.89. The lowest BCUT2D eigenvalue weighted by Crippen LogP contribution is -2.50. The number of methoxy groups -OCH3 is 1. The first-order chi connectivity index (χ1) is 12.8. The van der Waals surface area contributed by atoms with Gasteiger partial charge < -0.3 is 10.1 Å². The van der Waals surface area contributed by atoms with Gasteiger partial charge >= 0.3 is 0 Å². The maximum atomic E-state index is 12.8. The second kappa shape index (κ2) is 10.1. The molecule has 1 aliphatic rings. The van der Waals surface area contributed by atoms with Crippen LogP contribution in [0.1, 0.15) is 58.8 Å². The van der Waals surface area contributed by atoms with Crippen molar-refractivity contribution >= 4 is 15.9 Å². The molecule has 0 unspecified atom stereocenters. The van der Waals surface area contributed by atoms with Crippen molar-refractivity contribution in [3.8, 4) is 5.75 Å². The lowest BCUT2D eigenvalue weighted by atomic mass is 10.0. The summed E-state index contributed by atoms with van der Waals surface area (Å²) in [5.41, 5.74) is 0. The van der Waals surface area contributed by atoms with E-state index in [9.17, 15) is 13.2 Å². The van der Waals surface area contributed by atoms with Gasteiger partial charge in [-0.25, -0.2) is 8.42 Å². The molecule has 0 heterocycles. The molecule has 0 saturated heterocycles. The summed E-state index contributed by atoms with van der Waals surface area (Å²) >= 11 is 0. The van der Waals surface area contributed by atoms with Crippen LogP contribution in [-0.2, 0) is 14.8 Å². The fourth-order valence-corrected chi connectivity index (χ4v) is 4.62. The molecule has 0 bridgehead atoms. The first-order valence-electron chi connectivity index (χ1n) is 9.78. The minimum atomic E-state index is -3.79.